The Bertz CT molecular complexity index is 1010. The Kier molecular flexibility index (Phi) is 5.78. The van der Waals surface area contributed by atoms with Gasteiger partial charge in [-0.25, -0.2) is 8.42 Å². The number of benzene rings is 2. The van der Waals surface area contributed by atoms with E-state index in [1.165, 1.54) is 30.7 Å². The second kappa shape index (κ2) is 8.17. The molecule has 4 rings (SSSR count). The molecule has 154 valence electrons. The summed E-state index contributed by atoms with van der Waals surface area (Å²) in [6, 6.07) is 12.7. The summed E-state index contributed by atoms with van der Waals surface area (Å²) in [4.78, 5) is 12.9. The van der Waals surface area contributed by atoms with E-state index in [0.717, 1.165) is 23.6 Å². The lowest BCUT2D eigenvalue weighted by molar-refractivity contribution is -0.120. The van der Waals surface area contributed by atoms with Crippen LogP contribution in [-0.4, -0.2) is 26.9 Å². The number of hydrogen-bond donors (Lipinski definition) is 1. The maximum Gasteiger partial charge on any atom is 0.264 e. The first-order chi connectivity index (χ1) is 13.8. The number of nitrogens with one attached hydrogen (secondary N) is 1. The molecule has 8 heteroatoms. The summed E-state index contributed by atoms with van der Waals surface area (Å²) < 4.78 is 27.7. The van der Waals surface area contributed by atoms with Crippen molar-refractivity contribution in [1.29, 1.82) is 0 Å². The lowest BCUT2D eigenvalue weighted by Gasteiger charge is -2.27. The molecule has 0 unspecified atom stereocenters. The third kappa shape index (κ3) is 4.25. The van der Waals surface area contributed by atoms with E-state index in [0.29, 0.717) is 16.9 Å². The highest BCUT2D eigenvalue weighted by atomic mass is 35.5. The van der Waals surface area contributed by atoms with Crippen molar-refractivity contribution in [1.82, 2.24) is 5.32 Å². The Morgan fingerprint density at radius 3 is 2.45 bits per heavy atom. The van der Waals surface area contributed by atoms with Crippen molar-refractivity contribution in [3.8, 4) is 0 Å². The summed E-state index contributed by atoms with van der Waals surface area (Å²) in [6.07, 6.45) is 4.49. The molecule has 2 bridgehead atoms. The molecular weight excluding hydrogens is 431 g/mol. The smallest absolute Gasteiger partial charge is 0.264 e. The van der Waals surface area contributed by atoms with Crippen molar-refractivity contribution >= 4 is 44.8 Å². The SMILES string of the molecule is O=C(CN(c1ccc(Cl)cc1Cl)S(=O)(=O)c1ccccc1)N[C@H]1C[C@@H]2CC[C@@H]1C2. The van der Waals surface area contributed by atoms with Gasteiger partial charge in [-0.15, -0.1) is 0 Å². The Balaban J connectivity index is 1.62. The van der Waals surface area contributed by atoms with Gasteiger partial charge < -0.3 is 5.32 Å². The molecule has 3 atom stereocenters. The number of sulfonamides is 1. The average Bonchev–Trinajstić information content (AvgIpc) is 3.30. The first-order valence-electron chi connectivity index (χ1n) is 9.67. The van der Waals surface area contributed by atoms with Gasteiger partial charge in [0.2, 0.25) is 5.91 Å². The standard InChI is InChI=1S/C21H22Cl2N2O3S/c22-16-8-9-20(18(23)12-16)25(29(27,28)17-4-2-1-3-5-17)13-21(26)24-19-11-14-6-7-15(19)10-14/h1-5,8-9,12,14-15,19H,6-7,10-11,13H2,(H,24,26)/t14-,15-,19+/m1/s1. The number of rotatable bonds is 6. The van der Waals surface area contributed by atoms with Gasteiger partial charge in [-0.1, -0.05) is 47.8 Å². The van der Waals surface area contributed by atoms with Gasteiger partial charge in [0.15, 0.2) is 0 Å². The zero-order valence-electron chi connectivity index (χ0n) is 15.7. The summed E-state index contributed by atoms with van der Waals surface area (Å²) in [6.45, 7) is -0.341. The molecule has 1 N–H and O–H groups in total. The van der Waals surface area contributed by atoms with Gasteiger partial charge in [0.25, 0.3) is 10.0 Å². The molecule has 2 aliphatic rings. The second-order valence-electron chi connectivity index (χ2n) is 7.77. The van der Waals surface area contributed by atoms with Crippen molar-refractivity contribution in [3.63, 3.8) is 0 Å². The Morgan fingerprint density at radius 2 is 1.83 bits per heavy atom. The second-order valence-corrected chi connectivity index (χ2v) is 10.5. The quantitative estimate of drug-likeness (QED) is 0.701. The Morgan fingerprint density at radius 1 is 1.07 bits per heavy atom. The Labute approximate surface area is 181 Å². The molecule has 2 fully saturated rings. The van der Waals surface area contributed by atoms with Crippen LogP contribution >= 0.6 is 23.2 Å². The van der Waals surface area contributed by atoms with Gasteiger partial charge in [0.05, 0.1) is 15.6 Å². The highest BCUT2D eigenvalue weighted by Crippen LogP contribution is 2.44. The van der Waals surface area contributed by atoms with Gasteiger partial charge >= 0.3 is 0 Å². The minimum absolute atomic E-state index is 0.0961. The van der Waals surface area contributed by atoms with Gasteiger partial charge in [0, 0.05) is 11.1 Å². The summed E-state index contributed by atoms with van der Waals surface area (Å²) in [7, 11) is -3.98. The van der Waals surface area contributed by atoms with Crippen LogP contribution in [0.25, 0.3) is 0 Å². The normalized spacial score (nSPS) is 23.2. The highest BCUT2D eigenvalue weighted by molar-refractivity contribution is 7.92. The van der Waals surface area contributed by atoms with Gasteiger partial charge in [0.1, 0.15) is 6.54 Å². The summed E-state index contributed by atoms with van der Waals surface area (Å²) in [5.74, 6) is 0.857. The first kappa shape index (κ1) is 20.5. The fraction of sp³-hybridized carbons (Fsp3) is 0.381. The zero-order valence-corrected chi connectivity index (χ0v) is 18.1. The van der Waals surface area contributed by atoms with E-state index in [-0.39, 0.29) is 34.1 Å². The molecule has 0 aromatic heterocycles. The van der Waals surface area contributed by atoms with Crippen LogP contribution < -0.4 is 9.62 Å². The molecule has 2 saturated carbocycles. The first-order valence-corrected chi connectivity index (χ1v) is 11.9. The molecule has 0 heterocycles. The van der Waals surface area contributed by atoms with Crippen molar-refractivity contribution in [2.24, 2.45) is 11.8 Å². The van der Waals surface area contributed by atoms with Crippen molar-refractivity contribution < 1.29 is 13.2 Å². The van der Waals surface area contributed by atoms with Crippen LogP contribution in [0.5, 0.6) is 0 Å². The van der Waals surface area contributed by atoms with Gasteiger partial charge in [-0.05, 0) is 61.4 Å². The zero-order chi connectivity index (χ0) is 20.6. The van der Waals surface area contributed by atoms with E-state index in [1.54, 1.807) is 24.3 Å². The molecule has 2 aliphatic carbocycles. The number of fused-ring (bicyclic) bond motifs is 2. The molecule has 0 radical (unpaired) electrons. The van der Waals surface area contributed by atoms with E-state index in [2.05, 4.69) is 5.32 Å². The van der Waals surface area contributed by atoms with E-state index in [4.69, 9.17) is 23.2 Å². The lowest BCUT2D eigenvalue weighted by atomic mass is 9.95. The maximum atomic E-state index is 13.3. The molecule has 0 saturated heterocycles. The minimum atomic E-state index is -3.98. The van der Waals surface area contributed by atoms with E-state index >= 15 is 0 Å². The largest absolute Gasteiger partial charge is 0.352 e. The minimum Gasteiger partial charge on any atom is -0.352 e. The van der Waals surface area contributed by atoms with Crippen LogP contribution in [-0.2, 0) is 14.8 Å². The van der Waals surface area contributed by atoms with Crippen LogP contribution in [0.2, 0.25) is 10.0 Å². The third-order valence-electron chi connectivity index (χ3n) is 5.88. The van der Waals surface area contributed by atoms with Crippen molar-refractivity contribution in [2.75, 3.05) is 10.8 Å². The van der Waals surface area contributed by atoms with E-state index in [9.17, 15) is 13.2 Å². The van der Waals surface area contributed by atoms with Crippen molar-refractivity contribution in [3.05, 3.63) is 58.6 Å². The number of carbonyl (C=O) groups excluding carboxylic acids is 1. The highest BCUT2D eigenvalue weighted by Gasteiger charge is 2.40. The maximum absolute atomic E-state index is 13.3. The Hall–Kier alpha value is -1.76. The van der Waals surface area contributed by atoms with E-state index in [1.807, 2.05) is 0 Å². The van der Waals surface area contributed by atoms with Crippen LogP contribution in [0, 0.1) is 11.8 Å². The van der Waals surface area contributed by atoms with Crippen LogP contribution in [0.3, 0.4) is 0 Å². The number of carbonyl (C=O) groups is 1. The van der Waals surface area contributed by atoms with Crippen LogP contribution in [0.1, 0.15) is 25.7 Å². The number of amides is 1. The molecule has 0 spiro atoms. The van der Waals surface area contributed by atoms with Gasteiger partial charge in [-0.3, -0.25) is 9.10 Å². The summed E-state index contributed by atoms with van der Waals surface area (Å²) in [5.41, 5.74) is 0.225. The predicted molar refractivity (Wildman–Crippen MR) is 115 cm³/mol. The van der Waals surface area contributed by atoms with Crippen molar-refractivity contribution in [2.45, 2.75) is 36.6 Å². The fourth-order valence-corrected chi connectivity index (χ4v) is 6.53. The summed E-state index contributed by atoms with van der Waals surface area (Å²) >= 11 is 12.3. The number of hydrogen-bond acceptors (Lipinski definition) is 3. The number of halogens is 2. The molecule has 2 aromatic rings. The van der Waals surface area contributed by atoms with E-state index < -0.39 is 10.0 Å². The number of nitrogens with zero attached hydrogens (tertiary/aromatic N) is 1. The lowest BCUT2D eigenvalue weighted by Crippen LogP contribution is -2.46. The molecular formula is C21H22Cl2N2O3S. The molecule has 1 amide bonds. The van der Waals surface area contributed by atoms with Crippen LogP contribution in [0.15, 0.2) is 53.4 Å². The monoisotopic (exact) mass is 452 g/mol. The predicted octanol–water partition coefficient (Wildman–Crippen LogP) is 4.49. The molecule has 29 heavy (non-hydrogen) atoms. The van der Waals surface area contributed by atoms with Gasteiger partial charge in [-0.2, -0.15) is 0 Å². The molecule has 0 aliphatic heterocycles. The molecule has 5 nitrogen and oxygen atoms in total. The topological polar surface area (TPSA) is 66.5 Å². The fourth-order valence-electron chi connectivity index (χ4n) is 4.51. The van der Waals surface area contributed by atoms with Crippen LogP contribution in [0.4, 0.5) is 5.69 Å². The third-order valence-corrected chi connectivity index (χ3v) is 8.19. The number of anilines is 1. The summed E-state index contributed by atoms with van der Waals surface area (Å²) in [5, 5.41) is 3.61. The average molecular weight is 453 g/mol. The molecule has 2 aromatic carbocycles.